The first kappa shape index (κ1) is 14.8. The standard InChI is InChI=1S/C14H18N4O3/c1-5-15-13-16-12(17-14(18-13)21-4)9-6-10(19-2)8-11(7-9)20-3/h6-8H,5H2,1-4H3,(H,15,16,17,18). The molecule has 0 aliphatic rings. The molecule has 2 aromatic rings. The molecule has 0 fully saturated rings. The molecule has 0 amide bonds. The molecule has 0 aliphatic carbocycles. The second-order valence-electron chi connectivity index (χ2n) is 4.10. The van der Waals surface area contributed by atoms with Gasteiger partial charge in [0.2, 0.25) is 5.95 Å². The van der Waals surface area contributed by atoms with E-state index in [9.17, 15) is 0 Å². The minimum atomic E-state index is 0.248. The van der Waals surface area contributed by atoms with Gasteiger partial charge in [0.25, 0.3) is 0 Å². The van der Waals surface area contributed by atoms with Crippen LogP contribution in [0.3, 0.4) is 0 Å². The van der Waals surface area contributed by atoms with Crippen molar-refractivity contribution in [1.29, 1.82) is 0 Å². The van der Waals surface area contributed by atoms with Gasteiger partial charge in [-0.15, -0.1) is 0 Å². The molecule has 112 valence electrons. The first-order valence-corrected chi connectivity index (χ1v) is 6.47. The molecule has 1 aromatic heterocycles. The summed E-state index contributed by atoms with van der Waals surface area (Å²) in [5.74, 6) is 2.26. The van der Waals surface area contributed by atoms with Gasteiger partial charge in [-0.2, -0.15) is 15.0 Å². The number of hydrogen-bond acceptors (Lipinski definition) is 7. The minimum absolute atomic E-state index is 0.248. The molecule has 0 unspecified atom stereocenters. The highest BCUT2D eigenvalue weighted by Crippen LogP contribution is 2.28. The van der Waals surface area contributed by atoms with Crippen molar-refractivity contribution in [2.75, 3.05) is 33.2 Å². The van der Waals surface area contributed by atoms with Gasteiger partial charge in [0.1, 0.15) is 11.5 Å². The first-order valence-electron chi connectivity index (χ1n) is 6.47. The zero-order valence-electron chi connectivity index (χ0n) is 12.5. The highest BCUT2D eigenvalue weighted by molar-refractivity contribution is 5.62. The average molecular weight is 290 g/mol. The van der Waals surface area contributed by atoms with E-state index in [2.05, 4.69) is 20.3 Å². The van der Waals surface area contributed by atoms with Crippen molar-refractivity contribution in [1.82, 2.24) is 15.0 Å². The monoisotopic (exact) mass is 290 g/mol. The lowest BCUT2D eigenvalue weighted by atomic mass is 10.2. The summed E-state index contributed by atoms with van der Waals surface area (Å²) >= 11 is 0. The topological polar surface area (TPSA) is 78.4 Å². The zero-order chi connectivity index (χ0) is 15.2. The van der Waals surface area contributed by atoms with Gasteiger partial charge in [-0.05, 0) is 19.1 Å². The lowest BCUT2D eigenvalue weighted by molar-refractivity contribution is 0.379. The summed E-state index contributed by atoms with van der Waals surface area (Å²) in [7, 11) is 4.70. The van der Waals surface area contributed by atoms with Crippen LogP contribution >= 0.6 is 0 Å². The Kier molecular flexibility index (Phi) is 4.76. The van der Waals surface area contributed by atoms with Crippen LogP contribution in [0.4, 0.5) is 5.95 Å². The summed E-state index contributed by atoms with van der Waals surface area (Å²) < 4.78 is 15.6. The highest BCUT2D eigenvalue weighted by Gasteiger charge is 2.11. The number of anilines is 1. The number of aromatic nitrogens is 3. The minimum Gasteiger partial charge on any atom is -0.497 e. The fraction of sp³-hybridized carbons (Fsp3) is 0.357. The van der Waals surface area contributed by atoms with Gasteiger partial charge in [0.05, 0.1) is 21.3 Å². The van der Waals surface area contributed by atoms with Crippen LogP contribution in [0.5, 0.6) is 17.5 Å². The molecule has 0 aliphatic heterocycles. The van der Waals surface area contributed by atoms with Gasteiger partial charge >= 0.3 is 6.01 Å². The normalized spacial score (nSPS) is 10.1. The van der Waals surface area contributed by atoms with E-state index in [0.29, 0.717) is 29.8 Å². The number of methoxy groups -OCH3 is 3. The van der Waals surface area contributed by atoms with E-state index in [1.54, 1.807) is 20.3 Å². The van der Waals surface area contributed by atoms with E-state index in [1.807, 2.05) is 19.1 Å². The van der Waals surface area contributed by atoms with Crippen LogP contribution in [0.1, 0.15) is 6.92 Å². The molecule has 1 heterocycles. The Labute approximate surface area is 123 Å². The van der Waals surface area contributed by atoms with E-state index in [0.717, 1.165) is 5.56 Å². The van der Waals surface area contributed by atoms with Crippen LogP contribution < -0.4 is 19.5 Å². The van der Waals surface area contributed by atoms with Gasteiger partial charge in [-0.3, -0.25) is 0 Å². The van der Waals surface area contributed by atoms with Crippen molar-refractivity contribution >= 4 is 5.95 Å². The van der Waals surface area contributed by atoms with Crippen molar-refractivity contribution in [3.05, 3.63) is 18.2 Å². The third-order valence-electron chi connectivity index (χ3n) is 2.74. The molecule has 0 bridgehead atoms. The van der Waals surface area contributed by atoms with Gasteiger partial charge < -0.3 is 19.5 Å². The van der Waals surface area contributed by atoms with Gasteiger partial charge in [0.15, 0.2) is 5.82 Å². The molecule has 0 radical (unpaired) electrons. The van der Waals surface area contributed by atoms with E-state index in [-0.39, 0.29) is 6.01 Å². The maximum absolute atomic E-state index is 5.26. The van der Waals surface area contributed by atoms with Crippen LogP contribution in [0.15, 0.2) is 18.2 Å². The average Bonchev–Trinajstić information content (AvgIpc) is 2.54. The van der Waals surface area contributed by atoms with Crippen molar-refractivity contribution in [3.63, 3.8) is 0 Å². The fourth-order valence-corrected chi connectivity index (χ4v) is 1.75. The maximum atomic E-state index is 5.26. The summed E-state index contributed by atoms with van der Waals surface area (Å²) in [6.45, 7) is 2.67. The molecule has 0 saturated heterocycles. The second-order valence-corrected chi connectivity index (χ2v) is 4.10. The Hall–Kier alpha value is -2.57. The molecular formula is C14H18N4O3. The predicted octanol–water partition coefficient (Wildman–Crippen LogP) is 2.00. The lowest BCUT2D eigenvalue weighted by Gasteiger charge is -2.09. The molecule has 1 aromatic carbocycles. The van der Waals surface area contributed by atoms with E-state index in [1.165, 1.54) is 7.11 Å². The molecule has 7 heteroatoms. The van der Waals surface area contributed by atoms with Gasteiger partial charge in [-0.25, -0.2) is 0 Å². The SMILES string of the molecule is CCNc1nc(OC)nc(-c2cc(OC)cc(OC)c2)n1. The molecular weight excluding hydrogens is 272 g/mol. The number of nitrogens with zero attached hydrogens (tertiary/aromatic N) is 3. The van der Waals surface area contributed by atoms with Crippen LogP contribution in [-0.2, 0) is 0 Å². The summed E-state index contributed by atoms with van der Waals surface area (Å²) in [5.41, 5.74) is 0.756. The Balaban J connectivity index is 2.51. The summed E-state index contributed by atoms with van der Waals surface area (Å²) in [6, 6.07) is 5.69. The summed E-state index contributed by atoms with van der Waals surface area (Å²) in [6.07, 6.45) is 0. The van der Waals surface area contributed by atoms with E-state index in [4.69, 9.17) is 14.2 Å². The number of nitrogens with one attached hydrogen (secondary N) is 1. The lowest BCUT2D eigenvalue weighted by Crippen LogP contribution is -2.06. The van der Waals surface area contributed by atoms with Crippen molar-refractivity contribution < 1.29 is 14.2 Å². The van der Waals surface area contributed by atoms with Crippen LogP contribution in [0, 0.1) is 0 Å². The Morgan fingerprint density at radius 2 is 1.57 bits per heavy atom. The van der Waals surface area contributed by atoms with Crippen LogP contribution in [0.25, 0.3) is 11.4 Å². The maximum Gasteiger partial charge on any atom is 0.321 e. The Morgan fingerprint density at radius 3 is 2.10 bits per heavy atom. The smallest absolute Gasteiger partial charge is 0.321 e. The third-order valence-corrected chi connectivity index (χ3v) is 2.74. The summed E-state index contributed by atoms with van der Waals surface area (Å²) in [4.78, 5) is 12.8. The number of ether oxygens (including phenoxy) is 3. The highest BCUT2D eigenvalue weighted by atomic mass is 16.5. The molecule has 1 N–H and O–H groups in total. The second kappa shape index (κ2) is 6.74. The fourth-order valence-electron chi connectivity index (χ4n) is 1.75. The van der Waals surface area contributed by atoms with Crippen LogP contribution in [-0.4, -0.2) is 42.8 Å². The molecule has 21 heavy (non-hydrogen) atoms. The molecule has 0 atom stereocenters. The van der Waals surface area contributed by atoms with Crippen molar-refractivity contribution in [3.8, 4) is 28.9 Å². The molecule has 0 saturated carbocycles. The van der Waals surface area contributed by atoms with Gasteiger partial charge in [0, 0.05) is 18.2 Å². The number of hydrogen-bond donors (Lipinski definition) is 1. The molecule has 7 nitrogen and oxygen atoms in total. The van der Waals surface area contributed by atoms with Gasteiger partial charge in [-0.1, -0.05) is 0 Å². The largest absolute Gasteiger partial charge is 0.497 e. The van der Waals surface area contributed by atoms with Crippen LogP contribution in [0.2, 0.25) is 0 Å². The van der Waals surface area contributed by atoms with E-state index < -0.39 is 0 Å². The molecule has 0 spiro atoms. The number of benzene rings is 1. The van der Waals surface area contributed by atoms with Crippen molar-refractivity contribution in [2.45, 2.75) is 6.92 Å². The Morgan fingerprint density at radius 1 is 0.905 bits per heavy atom. The zero-order valence-corrected chi connectivity index (χ0v) is 12.5. The van der Waals surface area contributed by atoms with Crippen molar-refractivity contribution in [2.24, 2.45) is 0 Å². The third kappa shape index (κ3) is 3.50. The molecule has 2 rings (SSSR count). The van der Waals surface area contributed by atoms with E-state index >= 15 is 0 Å². The quantitative estimate of drug-likeness (QED) is 0.871. The number of rotatable bonds is 6. The predicted molar refractivity (Wildman–Crippen MR) is 79.1 cm³/mol. The Bertz CT molecular complexity index is 597. The summed E-state index contributed by atoms with van der Waals surface area (Å²) in [5, 5.41) is 3.04. The first-order chi connectivity index (χ1) is 10.2.